The van der Waals surface area contributed by atoms with E-state index in [1.165, 1.54) is 0 Å². The first kappa shape index (κ1) is 22.4. The van der Waals surface area contributed by atoms with Crippen molar-refractivity contribution in [3.63, 3.8) is 0 Å². The number of aliphatic imine (C=N–C) groups is 1. The first-order valence-electron chi connectivity index (χ1n) is 7.94. The molecular formula is C18H24IN3O3S. The quantitative estimate of drug-likeness (QED) is 0.257. The van der Waals surface area contributed by atoms with Gasteiger partial charge in [-0.15, -0.1) is 24.0 Å². The Bertz CT molecular complexity index is 811. The fourth-order valence-corrected chi connectivity index (χ4v) is 3.62. The summed E-state index contributed by atoms with van der Waals surface area (Å²) in [5.74, 6) is 0.286. The lowest BCUT2D eigenvalue weighted by atomic mass is 10.2. The number of benzene rings is 2. The first-order valence-corrected chi connectivity index (χ1v) is 9.60. The molecule has 26 heavy (non-hydrogen) atoms. The molecule has 0 bridgehead atoms. The van der Waals surface area contributed by atoms with Crippen molar-refractivity contribution in [2.45, 2.75) is 17.9 Å². The number of guanidine groups is 1. The van der Waals surface area contributed by atoms with Crippen LogP contribution in [0, 0.1) is 0 Å². The van der Waals surface area contributed by atoms with E-state index >= 15 is 0 Å². The van der Waals surface area contributed by atoms with Crippen LogP contribution in [-0.4, -0.2) is 33.8 Å². The summed E-state index contributed by atoms with van der Waals surface area (Å²) >= 11 is 0. The minimum absolute atomic E-state index is 0. The van der Waals surface area contributed by atoms with Crippen molar-refractivity contribution in [1.29, 1.82) is 0 Å². The molecule has 0 aliphatic carbocycles. The van der Waals surface area contributed by atoms with Crippen molar-refractivity contribution in [1.82, 2.24) is 0 Å². The summed E-state index contributed by atoms with van der Waals surface area (Å²) < 4.78 is 29.5. The second-order valence-electron chi connectivity index (χ2n) is 5.47. The largest absolute Gasteiger partial charge is 0.380 e. The third-order valence-electron chi connectivity index (χ3n) is 3.54. The van der Waals surface area contributed by atoms with Gasteiger partial charge in [-0.3, -0.25) is 4.99 Å². The van der Waals surface area contributed by atoms with Gasteiger partial charge < -0.3 is 15.8 Å². The predicted molar refractivity (Wildman–Crippen MR) is 116 cm³/mol. The van der Waals surface area contributed by atoms with Gasteiger partial charge in [0.2, 0.25) is 0 Å². The van der Waals surface area contributed by atoms with Gasteiger partial charge in [-0.05, 0) is 24.6 Å². The molecule has 0 saturated heterocycles. The van der Waals surface area contributed by atoms with Crippen LogP contribution < -0.4 is 11.1 Å². The Hall–Kier alpha value is -1.65. The van der Waals surface area contributed by atoms with Crippen molar-refractivity contribution in [2.75, 3.05) is 24.7 Å². The Morgan fingerprint density at radius 2 is 1.77 bits per heavy atom. The van der Waals surface area contributed by atoms with Gasteiger partial charge in [0, 0.05) is 24.9 Å². The van der Waals surface area contributed by atoms with Crippen LogP contribution in [0.2, 0.25) is 0 Å². The molecule has 0 amide bonds. The fourth-order valence-electron chi connectivity index (χ4n) is 2.30. The number of hydrogen-bond donors (Lipinski definition) is 2. The van der Waals surface area contributed by atoms with Crippen LogP contribution in [0.5, 0.6) is 0 Å². The van der Waals surface area contributed by atoms with E-state index in [-0.39, 0.29) is 35.7 Å². The van der Waals surface area contributed by atoms with Gasteiger partial charge in [-0.1, -0.05) is 36.4 Å². The number of nitrogens with zero attached hydrogens (tertiary/aromatic N) is 1. The van der Waals surface area contributed by atoms with Crippen molar-refractivity contribution < 1.29 is 13.2 Å². The number of rotatable bonds is 8. The average molecular weight is 489 g/mol. The molecule has 0 fully saturated rings. The van der Waals surface area contributed by atoms with Crippen LogP contribution in [0.25, 0.3) is 0 Å². The molecule has 0 atom stereocenters. The van der Waals surface area contributed by atoms with Crippen LogP contribution in [0.3, 0.4) is 0 Å². The monoisotopic (exact) mass is 489 g/mol. The second kappa shape index (κ2) is 11.1. The van der Waals surface area contributed by atoms with E-state index in [0.29, 0.717) is 24.5 Å². The molecule has 0 aromatic heterocycles. The second-order valence-corrected chi connectivity index (χ2v) is 7.58. The van der Waals surface area contributed by atoms with Crippen molar-refractivity contribution in [3.05, 3.63) is 60.2 Å². The standard InChI is InChI=1S/C18H23N3O3S.HI/c1-24-14-15-8-5-6-11-17(15)21-18(19)20-12-7-13-25(22,23)16-9-3-2-4-10-16;/h2-6,8-11H,7,12-14H2,1H3,(H3,19,20,21);1H. The lowest BCUT2D eigenvalue weighted by Gasteiger charge is -2.10. The molecule has 0 radical (unpaired) electrons. The third-order valence-corrected chi connectivity index (χ3v) is 5.35. The van der Waals surface area contributed by atoms with E-state index in [1.54, 1.807) is 37.4 Å². The number of para-hydroxylation sites is 1. The third kappa shape index (κ3) is 6.93. The summed E-state index contributed by atoms with van der Waals surface area (Å²) in [6, 6.07) is 16.0. The zero-order chi connectivity index (χ0) is 18.1. The SMILES string of the molecule is COCc1ccccc1NC(N)=NCCCS(=O)(=O)c1ccccc1.I. The Morgan fingerprint density at radius 3 is 2.46 bits per heavy atom. The summed E-state index contributed by atoms with van der Waals surface area (Å²) in [4.78, 5) is 4.53. The van der Waals surface area contributed by atoms with Crippen LogP contribution >= 0.6 is 24.0 Å². The number of ether oxygens (including phenoxy) is 1. The summed E-state index contributed by atoms with van der Waals surface area (Å²) in [7, 11) is -1.65. The summed E-state index contributed by atoms with van der Waals surface area (Å²) in [6.07, 6.45) is 0.402. The van der Waals surface area contributed by atoms with Gasteiger partial charge >= 0.3 is 0 Å². The fraction of sp³-hybridized carbons (Fsp3) is 0.278. The highest BCUT2D eigenvalue weighted by molar-refractivity contribution is 14.0. The molecule has 142 valence electrons. The van der Waals surface area contributed by atoms with E-state index in [0.717, 1.165) is 11.3 Å². The highest BCUT2D eigenvalue weighted by Crippen LogP contribution is 2.15. The molecule has 2 aromatic rings. The molecule has 0 aliphatic heterocycles. The van der Waals surface area contributed by atoms with Crippen LogP contribution in [0.15, 0.2) is 64.5 Å². The van der Waals surface area contributed by atoms with Gasteiger partial charge in [0.25, 0.3) is 0 Å². The van der Waals surface area contributed by atoms with Gasteiger partial charge in [0.1, 0.15) is 0 Å². The van der Waals surface area contributed by atoms with Crippen LogP contribution in [0.4, 0.5) is 5.69 Å². The molecule has 0 aliphatic rings. The summed E-state index contributed by atoms with van der Waals surface area (Å²) in [5.41, 5.74) is 7.67. The maximum atomic E-state index is 12.2. The van der Waals surface area contributed by atoms with E-state index in [9.17, 15) is 8.42 Å². The molecule has 0 saturated carbocycles. The number of anilines is 1. The van der Waals surface area contributed by atoms with E-state index in [4.69, 9.17) is 10.5 Å². The van der Waals surface area contributed by atoms with E-state index < -0.39 is 9.84 Å². The molecular weight excluding hydrogens is 465 g/mol. The lowest BCUT2D eigenvalue weighted by Crippen LogP contribution is -2.24. The lowest BCUT2D eigenvalue weighted by molar-refractivity contribution is 0.185. The van der Waals surface area contributed by atoms with Crippen molar-refractivity contribution >= 4 is 45.5 Å². The molecule has 3 N–H and O–H groups in total. The Balaban J connectivity index is 0.00000338. The smallest absolute Gasteiger partial charge is 0.193 e. The number of nitrogens with one attached hydrogen (secondary N) is 1. The van der Waals surface area contributed by atoms with Gasteiger partial charge in [-0.2, -0.15) is 0 Å². The Morgan fingerprint density at radius 1 is 1.12 bits per heavy atom. The normalized spacial score (nSPS) is 11.7. The van der Waals surface area contributed by atoms with Crippen LogP contribution in [0.1, 0.15) is 12.0 Å². The van der Waals surface area contributed by atoms with Gasteiger partial charge in [-0.25, -0.2) is 8.42 Å². The van der Waals surface area contributed by atoms with E-state index in [2.05, 4.69) is 10.3 Å². The van der Waals surface area contributed by atoms with Crippen molar-refractivity contribution in [2.24, 2.45) is 10.7 Å². The minimum Gasteiger partial charge on any atom is -0.380 e. The minimum atomic E-state index is -3.28. The van der Waals surface area contributed by atoms with Crippen molar-refractivity contribution in [3.8, 4) is 0 Å². The maximum Gasteiger partial charge on any atom is 0.193 e. The topological polar surface area (TPSA) is 93.8 Å². The molecule has 0 spiro atoms. The number of methoxy groups -OCH3 is 1. The zero-order valence-corrected chi connectivity index (χ0v) is 17.7. The molecule has 0 unspecified atom stereocenters. The first-order chi connectivity index (χ1) is 12.0. The summed E-state index contributed by atoms with van der Waals surface area (Å²) in [6.45, 7) is 0.795. The number of nitrogens with two attached hydrogens (primary N) is 1. The Kier molecular flexibility index (Phi) is 9.60. The number of hydrogen-bond acceptors (Lipinski definition) is 4. The molecule has 2 aromatic carbocycles. The highest BCUT2D eigenvalue weighted by Gasteiger charge is 2.12. The average Bonchev–Trinajstić information content (AvgIpc) is 2.61. The van der Waals surface area contributed by atoms with Gasteiger partial charge in [0.05, 0.1) is 17.3 Å². The maximum absolute atomic E-state index is 12.2. The summed E-state index contributed by atoms with van der Waals surface area (Å²) in [5, 5.41) is 3.02. The predicted octanol–water partition coefficient (Wildman–Crippen LogP) is 3.04. The molecule has 6 nitrogen and oxygen atoms in total. The molecule has 2 rings (SSSR count). The zero-order valence-electron chi connectivity index (χ0n) is 14.6. The van der Waals surface area contributed by atoms with E-state index in [1.807, 2.05) is 24.3 Å². The number of halogens is 1. The van der Waals surface area contributed by atoms with Gasteiger partial charge in [0.15, 0.2) is 15.8 Å². The molecule has 8 heteroatoms. The number of sulfone groups is 1. The van der Waals surface area contributed by atoms with Crippen LogP contribution in [-0.2, 0) is 21.2 Å². The Labute approximate surface area is 171 Å². The highest BCUT2D eigenvalue weighted by atomic mass is 127. The molecule has 0 heterocycles.